The van der Waals surface area contributed by atoms with Gasteiger partial charge in [-0.1, -0.05) is 13.5 Å². The molecular formula is C10H17NO4. The Morgan fingerprint density at radius 3 is 2.60 bits per heavy atom. The van der Waals surface area contributed by atoms with Crippen molar-refractivity contribution >= 4 is 12.4 Å². The molecule has 0 bridgehead atoms. The summed E-state index contributed by atoms with van der Waals surface area (Å²) < 4.78 is 4.71. The molecule has 0 aromatic rings. The lowest BCUT2D eigenvalue weighted by Gasteiger charge is -2.21. The number of hydrogen-bond donors (Lipinski definition) is 2. The molecule has 15 heavy (non-hydrogen) atoms. The molecule has 0 aromatic heterocycles. The molecule has 5 heteroatoms. The number of ether oxygens (including phenoxy) is 1. The zero-order valence-electron chi connectivity index (χ0n) is 9.03. The van der Waals surface area contributed by atoms with Gasteiger partial charge in [-0.15, -0.1) is 0 Å². The Morgan fingerprint density at radius 2 is 2.20 bits per heavy atom. The molecule has 0 spiro atoms. The minimum Gasteiger partial charge on any atom is -0.464 e. The fraction of sp³-hybridized carbons (Fsp3) is 0.600. The van der Waals surface area contributed by atoms with Crippen LogP contribution in [-0.4, -0.2) is 36.2 Å². The first kappa shape index (κ1) is 13.6. The quantitative estimate of drug-likeness (QED) is 0.356. The summed E-state index contributed by atoms with van der Waals surface area (Å²) in [6.07, 6.45) is -0.231. The number of hydrogen-bond acceptors (Lipinski definition) is 4. The molecule has 0 aliphatic rings. The average Bonchev–Trinajstić information content (AvgIpc) is 2.24. The number of rotatable bonds is 7. The Morgan fingerprint density at radius 1 is 1.60 bits per heavy atom. The number of nitrogens with one attached hydrogen (secondary N) is 1. The highest BCUT2D eigenvalue weighted by molar-refractivity contribution is 5.79. The highest BCUT2D eigenvalue weighted by Gasteiger charge is 2.28. The number of carbonyl (C=O) groups is 2. The molecule has 0 fully saturated rings. The van der Waals surface area contributed by atoms with Gasteiger partial charge in [0.05, 0.1) is 6.61 Å². The summed E-state index contributed by atoms with van der Waals surface area (Å²) >= 11 is 0. The van der Waals surface area contributed by atoms with E-state index in [-0.39, 0.29) is 6.61 Å². The van der Waals surface area contributed by atoms with Gasteiger partial charge in [-0.2, -0.15) is 0 Å². The van der Waals surface area contributed by atoms with Crippen molar-refractivity contribution in [1.29, 1.82) is 0 Å². The van der Waals surface area contributed by atoms with Crippen molar-refractivity contribution < 1.29 is 19.4 Å². The predicted octanol–water partition coefficient (Wildman–Crippen LogP) is -0.00880. The van der Waals surface area contributed by atoms with E-state index in [0.717, 1.165) is 0 Å². The second-order valence-electron chi connectivity index (χ2n) is 2.97. The van der Waals surface area contributed by atoms with E-state index in [4.69, 9.17) is 4.74 Å². The van der Waals surface area contributed by atoms with Crippen molar-refractivity contribution in [3.05, 3.63) is 12.2 Å². The molecular weight excluding hydrogens is 198 g/mol. The molecule has 0 rings (SSSR count). The zero-order chi connectivity index (χ0) is 11.8. The Labute approximate surface area is 89.1 Å². The third kappa shape index (κ3) is 4.12. The molecule has 0 saturated heterocycles. The molecule has 0 aliphatic heterocycles. The van der Waals surface area contributed by atoms with Crippen molar-refractivity contribution in [2.24, 2.45) is 0 Å². The average molecular weight is 215 g/mol. The number of esters is 1. The third-order valence-corrected chi connectivity index (χ3v) is 1.98. The topological polar surface area (TPSA) is 75.6 Å². The van der Waals surface area contributed by atoms with Gasteiger partial charge in [0.2, 0.25) is 6.41 Å². The summed E-state index contributed by atoms with van der Waals surface area (Å²) in [6.45, 7) is 7.25. The SMILES string of the molecule is C=C(CC)C(O)C(NC=O)C(=O)OCC. The van der Waals surface area contributed by atoms with Gasteiger partial charge in [-0.25, -0.2) is 4.79 Å². The smallest absolute Gasteiger partial charge is 0.331 e. The highest BCUT2D eigenvalue weighted by Crippen LogP contribution is 2.09. The van der Waals surface area contributed by atoms with Crippen LogP contribution in [0.2, 0.25) is 0 Å². The summed E-state index contributed by atoms with van der Waals surface area (Å²) in [5, 5.41) is 11.9. The fourth-order valence-electron chi connectivity index (χ4n) is 1.04. The maximum Gasteiger partial charge on any atom is 0.331 e. The number of aliphatic hydroxyl groups excluding tert-OH is 1. The summed E-state index contributed by atoms with van der Waals surface area (Å²) in [5.74, 6) is -0.660. The molecule has 0 aromatic carbocycles. The maximum absolute atomic E-state index is 11.4. The highest BCUT2D eigenvalue weighted by atomic mass is 16.5. The summed E-state index contributed by atoms with van der Waals surface area (Å²) in [7, 11) is 0. The Bertz CT molecular complexity index is 240. The van der Waals surface area contributed by atoms with Gasteiger partial charge in [0.15, 0.2) is 6.04 Å². The number of amides is 1. The summed E-state index contributed by atoms with van der Waals surface area (Å²) in [4.78, 5) is 21.6. The normalized spacial score (nSPS) is 13.8. The van der Waals surface area contributed by atoms with Crippen molar-refractivity contribution in [1.82, 2.24) is 5.32 Å². The first-order valence-corrected chi connectivity index (χ1v) is 4.80. The van der Waals surface area contributed by atoms with E-state index < -0.39 is 18.1 Å². The molecule has 0 heterocycles. The van der Waals surface area contributed by atoms with Crippen LogP contribution in [0.4, 0.5) is 0 Å². The van der Waals surface area contributed by atoms with Crippen molar-refractivity contribution in [2.45, 2.75) is 32.4 Å². The van der Waals surface area contributed by atoms with Crippen LogP contribution in [0.1, 0.15) is 20.3 Å². The number of aliphatic hydroxyl groups is 1. The van der Waals surface area contributed by atoms with Crippen LogP contribution in [0.25, 0.3) is 0 Å². The standard InChI is InChI=1S/C10H17NO4/c1-4-7(3)9(13)8(11-6-12)10(14)15-5-2/h6,8-9,13H,3-5H2,1-2H3,(H,11,12). The van der Waals surface area contributed by atoms with E-state index in [9.17, 15) is 14.7 Å². The van der Waals surface area contributed by atoms with Crippen molar-refractivity contribution in [2.75, 3.05) is 6.61 Å². The molecule has 86 valence electrons. The molecule has 0 radical (unpaired) electrons. The second-order valence-corrected chi connectivity index (χ2v) is 2.97. The minimum atomic E-state index is -1.11. The second kappa shape index (κ2) is 7.00. The molecule has 2 unspecified atom stereocenters. The molecule has 0 saturated carbocycles. The van der Waals surface area contributed by atoms with Crippen LogP contribution in [0.5, 0.6) is 0 Å². The zero-order valence-corrected chi connectivity index (χ0v) is 9.03. The van der Waals surface area contributed by atoms with Gasteiger partial charge in [0, 0.05) is 0 Å². The van der Waals surface area contributed by atoms with Gasteiger partial charge in [-0.3, -0.25) is 4.79 Å². The van der Waals surface area contributed by atoms with Gasteiger partial charge < -0.3 is 15.2 Å². The Hall–Kier alpha value is -1.36. The fourth-order valence-corrected chi connectivity index (χ4v) is 1.04. The van der Waals surface area contributed by atoms with Crippen LogP contribution in [-0.2, 0) is 14.3 Å². The molecule has 2 atom stereocenters. The molecule has 5 nitrogen and oxygen atoms in total. The van der Waals surface area contributed by atoms with Crippen LogP contribution in [0.3, 0.4) is 0 Å². The predicted molar refractivity (Wildman–Crippen MR) is 55.1 cm³/mol. The van der Waals surface area contributed by atoms with E-state index in [2.05, 4.69) is 11.9 Å². The van der Waals surface area contributed by atoms with E-state index in [0.29, 0.717) is 18.4 Å². The number of carbonyl (C=O) groups excluding carboxylic acids is 2. The van der Waals surface area contributed by atoms with E-state index in [1.165, 1.54) is 0 Å². The third-order valence-electron chi connectivity index (χ3n) is 1.98. The summed E-state index contributed by atoms with van der Waals surface area (Å²) in [6, 6.07) is -1.07. The van der Waals surface area contributed by atoms with Crippen LogP contribution >= 0.6 is 0 Å². The van der Waals surface area contributed by atoms with Crippen LogP contribution < -0.4 is 5.32 Å². The largest absolute Gasteiger partial charge is 0.464 e. The Kier molecular flexibility index (Phi) is 6.37. The van der Waals surface area contributed by atoms with E-state index in [1.807, 2.05) is 0 Å². The van der Waals surface area contributed by atoms with Gasteiger partial charge >= 0.3 is 5.97 Å². The molecule has 2 N–H and O–H groups in total. The molecule has 1 amide bonds. The van der Waals surface area contributed by atoms with Crippen molar-refractivity contribution in [3.63, 3.8) is 0 Å². The lowest BCUT2D eigenvalue weighted by atomic mass is 10.0. The molecule has 0 aliphatic carbocycles. The van der Waals surface area contributed by atoms with Crippen molar-refractivity contribution in [3.8, 4) is 0 Å². The first-order valence-electron chi connectivity index (χ1n) is 4.80. The maximum atomic E-state index is 11.4. The first-order chi connectivity index (χ1) is 7.08. The van der Waals surface area contributed by atoms with Gasteiger partial charge in [0.1, 0.15) is 6.10 Å². The van der Waals surface area contributed by atoms with Crippen LogP contribution in [0.15, 0.2) is 12.2 Å². The minimum absolute atomic E-state index is 0.196. The van der Waals surface area contributed by atoms with Gasteiger partial charge in [-0.05, 0) is 18.9 Å². The lowest BCUT2D eigenvalue weighted by molar-refractivity contribution is -0.149. The van der Waals surface area contributed by atoms with Gasteiger partial charge in [0.25, 0.3) is 0 Å². The monoisotopic (exact) mass is 215 g/mol. The van der Waals surface area contributed by atoms with Crippen LogP contribution in [0, 0.1) is 0 Å². The van der Waals surface area contributed by atoms with E-state index >= 15 is 0 Å². The van der Waals surface area contributed by atoms with E-state index in [1.54, 1.807) is 13.8 Å². The lowest BCUT2D eigenvalue weighted by Crippen LogP contribution is -2.47. The Balaban J connectivity index is 4.56. The summed E-state index contributed by atoms with van der Waals surface area (Å²) in [5.41, 5.74) is 0.474.